The number of likely N-dealkylation sites (N-methyl/N-ethyl adjacent to an activating group) is 1. The number of aromatic carboxylic acids is 1. The smallest absolute Gasteiger partial charge is 0.338 e. The fourth-order valence-electron chi connectivity index (χ4n) is 2.27. The molecule has 19 heavy (non-hydrogen) atoms. The van der Waals surface area contributed by atoms with E-state index in [1.165, 1.54) is 0 Å². The van der Waals surface area contributed by atoms with Gasteiger partial charge in [-0.1, -0.05) is 0 Å². The van der Waals surface area contributed by atoms with Gasteiger partial charge in [0.15, 0.2) is 0 Å². The lowest BCUT2D eigenvalue weighted by atomic mass is 10.1. The number of carbonyl (C=O) groups is 1. The monoisotopic (exact) mass is 268 g/mol. The molecule has 6 heteroatoms. The van der Waals surface area contributed by atoms with Crippen molar-refractivity contribution in [1.82, 2.24) is 0 Å². The Hall–Kier alpha value is -1.82. The Balaban J connectivity index is 2.19. The molecule has 5 nitrogen and oxygen atoms in total. The highest BCUT2D eigenvalue weighted by Gasteiger charge is 2.20. The first-order valence-corrected chi connectivity index (χ1v) is 6.14. The van der Waals surface area contributed by atoms with E-state index >= 15 is 0 Å². The maximum Gasteiger partial charge on any atom is 0.338 e. The van der Waals surface area contributed by atoms with E-state index < -0.39 is 17.3 Å². The first kappa shape index (κ1) is 13.6. The Morgan fingerprint density at radius 2 is 2.37 bits per heavy atom. The second-order valence-corrected chi connectivity index (χ2v) is 4.71. The van der Waals surface area contributed by atoms with Crippen LogP contribution in [0.5, 0.6) is 0 Å². The van der Waals surface area contributed by atoms with E-state index in [0.29, 0.717) is 12.2 Å². The van der Waals surface area contributed by atoms with Crippen molar-refractivity contribution in [3.63, 3.8) is 0 Å². The lowest BCUT2D eigenvalue weighted by molar-refractivity contribution is 0.0692. The number of hydrogen-bond donors (Lipinski definition) is 2. The summed E-state index contributed by atoms with van der Waals surface area (Å²) in [6.07, 6.45) is 2.12. The first-order valence-electron chi connectivity index (χ1n) is 6.14. The number of anilines is 2. The van der Waals surface area contributed by atoms with Crippen LogP contribution in [0, 0.1) is 5.82 Å². The zero-order valence-electron chi connectivity index (χ0n) is 10.7. The van der Waals surface area contributed by atoms with Crippen molar-refractivity contribution in [2.24, 2.45) is 0 Å². The molecule has 0 aliphatic carbocycles. The minimum absolute atomic E-state index is 0.117. The van der Waals surface area contributed by atoms with Crippen LogP contribution in [0.15, 0.2) is 12.1 Å². The number of halogens is 1. The van der Waals surface area contributed by atoms with Gasteiger partial charge in [0.1, 0.15) is 5.82 Å². The summed E-state index contributed by atoms with van der Waals surface area (Å²) in [5, 5.41) is 8.82. The highest BCUT2D eigenvalue weighted by Crippen LogP contribution is 2.27. The van der Waals surface area contributed by atoms with E-state index in [0.717, 1.165) is 31.6 Å². The molecule has 0 spiro atoms. The predicted molar refractivity (Wildman–Crippen MR) is 70.0 cm³/mol. The highest BCUT2D eigenvalue weighted by molar-refractivity contribution is 5.90. The maximum absolute atomic E-state index is 13.7. The van der Waals surface area contributed by atoms with Crippen molar-refractivity contribution in [3.8, 4) is 0 Å². The Labute approximate surface area is 110 Å². The van der Waals surface area contributed by atoms with E-state index in [4.69, 9.17) is 15.6 Å². The van der Waals surface area contributed by atoms with Crippen molar-refractivity contribution in [1.29, 1.82) is 0 Å². The molecule has 1 aliphatic rings. The van der Waals surface area contributed by atoms with Gasteiger partial charge in [0, 0.05) is 26.3 Å². The molecule has 1 saturated heterocycles. The average Bonchev–Trinajstić information content (AvgIpc) is 2.83. The molecule has 0 amide bonds. The van der Waals surface area contributed by atoms with Crippen molar-refractivity contribution in [3.05, 3.63) is 23.5 Å². The van der Waals surface area contributed by atoms with Crippen LogP contribution < -0.4 is 10.6 Å². The summed E-state index contributed by atoms with van der Waals surface area (Å²) in [5.41, 5.74) is 6.11. The lowest BCUT2D eigenvalue weighted by Gasteiger charge is -2.24. The molecule has 0 bridgehead atoms. The number of hydrogen-bond acceptors (Lipinski definition) is 4. The van der Waals surface area contributed by atoms with Gasteiger partial charge in [-0.15, -0.1) is 0 Å². The molecule has 1 aromatic rings. The van der Waals surface area contributed by atoms with Crippen molar-refractivity contribution < 1.29 is 19.0 Å². The summed E-state index contributed by atoms with van der Waals surface area (Å²) < 4.78 is 19.2. The molecule has 1 fully saturated rings. The number of benzene rings is 1. The highest BCUT2D eigenvalue weighted by atomic mass is 19.1. The molecular formula is C13H17FN2O3. The molecule has 0 aromatic heterocycles. The zero-order valence-corrected chi connectivity index (χ0v) is 10.7. The Bertz CT molecular complexity index is 487. The molecule has 1 heterocycles. The van der Waals surface area contributed by atoms with E-state index in [1.807, 2.05) is 0 Å². The van der Waals surface area contributed by atoms with Crippen LogP contribution in [0.1, 0.15) is 23.2 Å². The van der Waals surface area contributed by atoms with Gasteiger partial charge in [-0.2, -0.15) is 0 Å². The van der Waals surface area contributed by atoms with E-state index in [9.17, 15) is 9.18 Å². The van der Waals surface area contributed by atoms with Crippen molar-refractivity contribution in [2.75, 3.05) is 30.8 Å². The van der Waals surface area contributed by atoms with Gasteiger partial charge in [0.2, 0.25) is 0 Å². The molecule has 0 radical (unpaired) electrons. The number of nitrogens with zero attached hydrogens (tertiary/aromatic N) is 1. The molecule has 1 atom stereocenters. The second-order valence-electron chi connectivity index (χ2n) is 4.71. The topological polar surface area (TPSA) is 75.8 Å². The van der Waals surface area contributed by atoms with Crippen LogP contribution >= 0.6 is 0 Å². The molecular weight excluding hydrogens is 251 g/mol. The summed E-state index contributed by atoms with van der Waals surface area (Å²) in [6.45, 7) is 1.36. The zero-order chi connectivity index (χ0) is 14.0. The van der Waals surface area contributed by atoms with Gasteiger partial charge in [-0.05, 0) is 18.9 Å². The van der Waals surface area contributed by atoms with Crippen LogP contribution in [-0.2, 0) is 4.74 Å². The number of rotatable bonds is 4. The summed E-state index contributed by atoms with van der Waals surface area (Å²) in [6, 6.07) is 2.31. The third-order valence-corrected chi connectivity index (χ3v) is 3.26. The van der Waals surface area contributed by atoms with Crippen molar-refractivity contribution >= 4 is 17.3 Å². The van der Waals surface area contributed by atoms with Gasteiger partial charge in [-0.25, -0.2) is 9.18 Å². The third-order valence-electron chi connectivity index (χ3n) is 3.26. The third kappa shape index (κ3) is 2.96. The van der Waals surface area contributed by atoms with Crippen molar-refractivity contribution in [2.45, 2.75) is 18.9 Å². The summed E-state index contributed by atoms with van der Waals surface area (Å²) in [7, 11) is 1.78. The van der Waals surface area contributed by atoms with Crippen LogP contribution in [0.3, 0.4) is 0 Å². The summed E-state index contributed by atoms with van der Waals surface area (Å²) in [5.74, 6) is -2.10. The molecule has 3 N–H and O–H groups in total. The second kappa shape index (κ2) is 5.44. The Morgan fingerprint density at radius 3 is 2.95 bits per heavy atom. The van der Waals surface area contributed by atoms with E-state index in [2.05, 4.69) is 0 Å². The Kier molecular flexibility index (Phi) is 3.90. The van der Waals surface area contributed by atoms with Crippen LogP contribution in [0.4, 0.5) is 15.8 Å². The number of nitrogen functional groups attached to an aromatic ring is 1. The number of nitrogens with two attached hydrogens (primary N) is 1. The normalized spacial score (nSPS) is 18.5. The molecule has 1 aliphatic heterocycles. The standard InChI is InChI=1S/C13H17FN2O3/c1-16(7-8-3-2-4-19-8)12-6-10(14)9(13(17)18)5-11(12)15/h5-6,8H,2-4,7,15H2,1H3,(H,17,18). The van der Waals surface area contributed by atoms with Gasteiger partial charge in [0.05, 0.1) is 23.0 Å². The maximum atomic E-state index is 13.7. The van der Waals surface area contributed by atoms with Crippen LogP contribution in [0.2, 0.25) is 0 Å². The van der Waals surface area contributed by atoms with Gasteiger partial charge in [0.25, 0.3) is 0 Å². The molecule has 0 saturated carbocycles. The number of carboxylic acid groups (broad SMARTS) is 1. The van der Waals surface area contributed by atoms with Crippen LogP contribution in [-0.4, -0.2) is 37.4 Å². The van der Waals surface area contributed by atoms with Gasteiger partial charge < -0.3 is 20.5 Å². The minimum atomic E-state index is -1.32. The van der Waals surface area contributed by atoms with E-state index in [-0.39, 0.29) is 11.8 Å². The molecule has 2 rings (SSSR count). The fourth-order valence-corrected chi connectivity index (χ4v) is 2.27. The molecule has 1 unspecified atom stereocenters. The minimum Gasteiger partial charge on any atom is -0.478 e. The number of ether oxygens (including phenoxy) is 1. The number of carboxylic acids is 1. The Morgan fingerprint density at radius 1 is 1.63 bits per heavy atom. The quantitative estimate of drug-likeness (QED) is 0.813. The summed E-state index contributed by atoms with van der Waals surface area (Å²) in [4.78, 5) is 12.6. The van der Waals surface area contributed by atoms with E-state index in [1.54, 1.807) is 11.9 Å². The molecule has 1 aromatic carbocycles. The first-order chi connectivity index (χ1) is 8.99. The summed E-state index contributed by atoms with van der Waals surface area (Å²) >= 11 is 0. The SMILES string of the molecule is CN(CC1CCCO1)c1cc(F)c(C(=O)O)cc1N. The van der Waals surface area contributed by atoms with Gasteiger partial charge >= 0.3 is 5.97 Å². The molecule has 104 valence electrons. The van der Waals surface area contributed by atoms with Crippen LogP contribution in [0.25, 0.3) is 0 Å². The van der Waals surface area contributed by atoms with Gasteiger partial charge in [-0.3, -0.25) is 0 Å². The lowest BCUT2D eigenvalue weighted by Crippen LogP contribution is -2.29. The fraction of sp³-hybridized carbons (Fsp3) is 0.462. The largest absolute Gasteiger partial charge is 0.478 e. The average molecular weight is 268 g/mol. The predicted octanol–water partition coefficient (Wildman–Crippen LogP) is 1.72.